The second kappa shape index (κ2) is 19.0. The summed E-state index contributed by atoms with van der Waals surface area (Å²) in [6, 6.07) is 5.37. The van der Waals surface area contributed by atoms with Crippen molar-refractivity contribution in [2.75, 3.05) is 37.0 Å². The quantitative estimate of drug-likeness (QED) is 0.0973. The third-order valence-corrected chi connectivity index (χ3v) is 9.55. The number of hydrogen-bond acceptors (Lipinski definition) is 10. The van der Waals surface area contributed by atoms with Crippen molar-refractivity contribution in [3.8, 4) is 0 Å². The highest BCUT2D eigenvalue weighted by atomic mass is 32.2. The number of nitrogens with one attached hydrogen (secondary N) is 5. The lowest BCUT2D eigenvalue weighted by Crippen LogP contribution is -2.59. The van der Waals surface area contributed by atoms with E-state index in [1.165, 1.54) is 6.07 Å². The predicted octanol–water partition coefficient (Wildman–Crippen LogP) is 1.16. The zero-order valence-electron chi connectivity index (χ0n) is 28.5. The average Bonchev–Trinajstić information content (AvgIpc) is 3.03. The van der Waals surface area contributed by atoms with Crippen molar-refractivity contribution < 1.29 is 37.5 Å². The van der Waals surface area contributed by atoms with Crippen LogP contribution in [0.15, 0.2) is 41.3 Å². The van der Waals surface area contributed by atoms with Gasteiger partial charge < -0.3 is 31.3 Å². The molecule has 0 fully saturated rings. The van der Waals surface area contributed by atoms with Gasteiger partial charge in [-0.15, -0.1) is 0 Å². The van der Waals surface area contributed by atoms with Crippen LogP contribution in [0, 0.1) is 11.8 Å². The lowest BCUT2D eigenvalue weighted by molar-refractivity contribution is -0.142. The Morgan fingerprint density at radius 2 is 1.18 bits per heavy atom. The van der Waals surface area contributed by atoms with E-state index in [1.54, 1.807) is 24.3 Å². The number of hydrogen-bond donors (Lipinski definition) is 8. The molecule has 2 aromatic carbocycles. The third kappa shape index (κ3) is 12.4. The summed E-state index contributed by atoms with van der Waals surface area (Å²) in [6.07, 6.45) is 0.386. The van der Waals surface area contributed by atoms with Crippen molar-refractivity contribution in [3.05, 3.63) is 36.4 Å². The van der Waals surface area contributed by atoms with Crippen LogP contribution in [0.4, 0.5) is 5.69 Å². The molecule has 0 aliphatic heterocycles. The molecule has 2 rings (SSSR count). The molecule has 0 saturated heterocycles. The highest BCUT2D eigenvalue weighted by molar-refractivity contribution is 7.89. The Hall–Kier alpha value is -3.54. The third-order valence-electron chi connectivity index (χ3n) is 7.36. The zero-order chi connectivity index (χ0) is 37.1. The molecule has 0 bridgehead atoms. The predicted molar refractivity (Wildman–Crippen MR) is 195 cm³/mol. The first-order valence-electron chi connectivity index (χ1n) is 15.7. The number of fused-ring (bicyclic) bond motifs is 1. The monoisotopic (exact) mass is 740 g/mol. The van der Waals surface area contributed by atoms with Gasteiger partial charge in [-0.05, 0) is 36.8 Å². The van der Waals surface area contributed by atoms with Gasteiger partial charge in [0.05, 0.1) is 11.4 Å². The van der Waals surface area contributed by atoms with Crippen molar-refractivity contribution in [2.24, 2.45) is 11.8 Å². The molecule has 0 saturated carbocycles. The Morgan fingerprint density at radius 1 is 0.714 bits per heavy atom. The molecule has 0 aromatic heterocycles. The molecule has 17 heteroatoms. The van der Waals surface area contributed by atoms with Crippen LogP contribution >= 0.6 is 25.3 Å². The molecule has 0 spiro atoms. The van der Waals surface area contributed by atoms with Gasteiger partial charge in [0.1, 0.15) is 24.2 Å². The number of aliphatic carboxylic acids is 1. The topological polar surface area (TPSA) is 203 Å². The van der Waals surface area contributed by atoms with E-state index >= 15 is 0 Å². The van der Waals surface area contributed by atoms with Gasteiger partial charge in [0, 0.05) is 42.1 Å². The van der Waals surface area contributed by atoms with E-state index in [9.17, 15) is 37.5 Å². The summed E-state index contributed by atoms with van der Waals surface area (Å²) in [6.45, 7) is 6.62. The number of thiol groups is 2. The van der Waals surface area contributed by atoms with Crippen molar-refractivity contribution in [2.45, 2.75) is 69.6 Å². The number of carbonyl (C=O) groups excluding carboxylic acids is 4. The van der Waals surface area contributed by atoms with Gasteiger partial charge in [0.25, 0.3) is 0 Å². The molecule has 0 heterocycles. The summed E-state index contributed by atoms with van der Waals surface area (Å²) >= 11 is 8.30. The minimum absolute atomic E-state index is 0.00965. The number of carboxylic acid groups (broad SMARTS) is 1. The van der Waals surface area contributed by atoms with Gasteiger partial charge in [-0.3, -0.25) is 19.2 Å². The van der Waals surface area contributed by atoms with Gasteiger partial charge in [0.2, 0.25) is 33.7 Å². The Morgan fingerprint density at radius 3 is 1.71 bits per heavy atom. The molecule has 4 atom stereocenters. The first kappa shape index (κ1) is 41.6. The Bertz CT molecular complexity index is 1600. The summed E-state index contributed by atoms with van der Waals surface area (Å²) in [7, 11) is -0.464. The Balaban J connectivity index is 2.08. The molecule has 0 aliphatic carbocycles. The molecule has 0 radical (unpaired) electrons. The summed E-state index contributed by atoms with van der Waals surface area (Å²) < 4.78 is 28.7. The summed E-state index contributed by atoms with van der Waals surface area (Å²) in [4.78, 5) is 65.6. The molecule has 6 N–H and O–H groups in total. The van der Waals surface area contributed by atoms with E-state index in [0.29, 0.717) is 10.8 Å². The highest BCUT2D eigenvalue weighted by Crippen LogP contribution is 2.30. The maximum atomic E-state index is 13.2. The molecule has 2 aromatic rings. The number of amides is 4. The summed E-state index contributed by atoms with van der Waals surface area (Å²) in [5.74, 6) is -4.65. The number of anilines is 1. The maximum Gasteiger partial charge on any atom is 0.326 e. The van der Waals surface area contributed by atoms with Crippen molar-refractivity contribution in [1.29, 1.82) is 0 Å². The lowest BCUT2D eigenvalue weighted by atomic mass is 10.0. The van der Waals surface area contributed by atoms with E-state index in [0.717, 1.165) is 5.69 Å². The fourth-order valence-corrected chi connectivity index (χ4v) is 6.69. The second-order valence-corrected chi connectivity index (χ2v) is 15.1. The van der Waals surface area contributed by atoms with E-state index in [4.69, 9.17) is 0 Å². The fraction of sp³-hybridized carbons (Fsp3) is 0.531. The molecule has 0 unspecified atom stereocenters. The second-order valence-electron chi connectivity index (χ2n) is 12.6. The molecular formula is C32H48N6O8S3. The first-order chi connectivity index (χ1) is 22.9. The van der Waals surface area contributed by atoms with Crippen LogP contribution in [0.5, 0.6) is 0 Å². The van der Waals surface area contributed by atoms with Crippen molar-refractivity contribution in [1.82, 2.24) is 26.0 Å². The van der Waals surface area contributed by atoms with Crippen LogP contribution in [0.25, 0.3) is 10.8 Å². The minimum Gasteiger partial charge on any atom is -0.480 e. The van der Waals surface area contributed by atoms with Crippen LogP contribution in [0.2, 0.25) is 0 Å². The van der Waals surface area contributed by atoms with E-state index < -0.39 is 70.3 Å². The van der Waals surface area contributed by atoms with Crippen LogP contribution in [-0.4, -0.2) is 99.4 Å². The number of nitrogens with zero attached hydrogens (tertiary/aromatic N) is 1. The van der Waals surface area contributed by atoms with Crippen LogP contribution in [0.1, 0.15) is 40.5 Å². The van der Waals surface area contributed by atoms with Gasteiger partial charge in [-0.2, -0.15) is 25.3 Å². The Kier molecular flexibility index (Phi) is 16.2. The number of sulfonamides is 1. The van der Waals surface area contributed by atoms with E-state index in [1.807, 2.05) is 52.8 Å². The SMILES string of the molecule is CC(C)C[C@H](NC(=O)[C@H](CC(C)C)NC(=O)[C@H](CS)NC(=O)[C@H](CS)NC(=O)CNS(=O)(=O)c1cccc2c(N(C)C)cccc12)C(=O)O. The smallest absolute Gasteiger partial charge is 0.326 e. The molecule has 272 valence electrons. The van der Waals surface area contributed by atoms with Crippen LogP contribution in [0.3, 0.4) is 0 Å². The van der Waals surface area contributed by atoms with Gasteiger partial charge in [-0.1, -0.05) is 52.0 Å². The van der Waals surface area contributed by atoms with Crippen molar-refractivity contribution >= 4 is 81.3 Å². The summed E-state index contributed by atoms with van der Waals surface area (Å²) in [5.41, 5.74) is 0.815. The molecular weight excluding hydrogens is 693 g/mol. The molecule has 14 nitrogen and oxygen atoms in total. The zero-order valence-corrected chi connectivity index (χ0v) is 31.1. The number of carbonyl (C=O) groups is 5. The van der Waals surface area contributed by atoms with Gasteiger partial charge in [-0.25, -0.2) is 17.9 Å². The first-order valence-corrected chi connectivity index (χ1v) is 18.5. The van der Waals surface area contributed by atoms with Gasteiger partial charge in [0.15, 0.2) is 0 Å². The van der Waals surface area contributed by atoms with E-state index in [-0.39, 0.29) is 41.1 Å². The normalized spacial score (nSPS) is 14.1. The largest absolute Gasteiger partial charge is 0.480 e. The lowest BCUT2D eigenvalue weighted by Gasteiger charge is -2.26. The van der Waals surface area contributed by atoms with Crippen LogP contribution < -0.4 is 30.9 Å². The number of rotatable bonds is 19. The standard InChI is InChI=1S/C32H48N6O8S3/c1-18(2)13-22(29(40)36-23(32(43)44)14-19(3)4)35-31(42)25(17-48)37-30(41)24(16-47)34-28(39)15-33-49(45,46)27-12-8-9-20-21(27)10-7-11-26(20)38(5)6/h7-12,18-19,22-25,33,47-48H,13-17H2,1-6H3,(H,34,39)(H,35,42)(H,36,40)(H,37,41)(H,43,44)/t22-,23-,24-,25-/m0/s1. The highest BCUT2D eigenvalue weighted by Gasteiger charge is 2.31. The fourth-order valence-electron chi connectivity index (χ4n) is 4.97. The number of carboxylic acids is 1. The van der Waals surface area contributed by atoms with Crippen LogP contribution in [-0.2, 0) is 34.0 Å². The maximum absolute atomic E-state index is 13.2. The van der Waals surface area contributed by atoms with Gasteiger partial charge >= 0.3 is 5.97 Å². The Labute approximate surface area is 298 Å². The average molecular weight is 741 g/mol. The van der Waals surface area contributed by atoms with Crippen molar-refractivity contribution in [3.63, 3.8) is 0 Å². The summed E-state index contributed by atoms with van der Waals surface area (Å²) in [5, 5.41) is 20.7. The molecule has 4 amide bonds. The van der Waals surface area contributed by atoms with E-state index in [2.05, 4.69) is 51.2 Å². The minimum atomic E-state index is -4.14. The number of benzene rings is 2. The molecule has 0 aliphatic rings. The molecule has 49 heavy (non-hydrogen) atoms.